The highest BCUT2D eigenvalue weighted by atomic mass is 79.9. The number of rotatable bonds is 4. The van der Waals surface area contributed by atoms with Gasteiger partial charge in [-0.3, -0.25) is 9.78 Å². The van der Waals surface area contributed by atoms with Gasteiger partial charge in [0.05, 0.1) is 12.7 Å². The van der Waals surface area contributed by atoms with Crippen LogP contribution in [0.25, 0.3) is 0 Å². The lowest BCUT2D eigenvalue weighted by Crippen LogP contribution is -2.29. The van der Waals surface area contributed by atoms with E-state index < -0.39 is 0 Å². The molecule has 6 heteroatoms. The van der Waals surface area contributed by atoms with Crippen LogP contribution in [0.4, 0.5) is 0 Å². The summed E-state index contributed by atoms with van der Waals surface area (Å²) in [7, 11) is 0. The molecular weight excluding hydrogens is 336 g/mol. The van der Waals surface area contributed by atoms with E-state index >= 15 is 0 Å². The number of halogens is 1. The van der Waals surface area contributed by atoms with E-state index in [1.54, 1.807) is 29.4 Å². The van der Waals surface area contributed by atoms with Crippen LogP contribution in [-0.2, 0) is 11.3 Å². The maximum Gasteiger partial charge on any atom is 0.289 e. The van der Waals surface area contributed by atoms with Crippen molar-refractivity contribution in [3.05, 3.63) is 52.7 Å². The van der Waals surface area contributed by atoms with E-state index in [4.69, 9.17) is 9.15 Å². The molecule has 0 unspecified atom stereocenters. The predicted octanol–water partition coefficient (Wildman–Crippen LogP) is 2.87. The first kappa shape index (κ1) is 14.3. The zero-order chi connectivity index (χ0) is 14.7. The Kier molecular flexibility index (Phi) is 4.36. The van der Waals surface area contributed by atoms with Crippen LogP contribution in [0.15, 0.2) is 45.7 Å². The van der Waals surface area contributed by atoms with E-state index in [-0.39, 0.29) is 12.0 Å². The lowest BCUT2D eigenvalue weighted by atomic mass is 10.3. The van der Waals surface area contributed by atoms with E-state index in [1.165, 1.54) is 0 Å². The summed E-state index contributed by atoms with van der Waals surface area (Å²) >= 11 is 3.20. The molecule has 2 aromatic heterocycles. The fourth-order valence-corrected chi connectivity index (χ4v) is 2.64. The molecule has 0 saturated carbocycles. The highest BCUT2D eigenvalue weighted by molar-refractivity contribution is 9.10. The number of likely N-dealkylation sites (tertiary alicyclic amines) is 1. The fourth-order valence-electron chi connectivity index (χ4n) is 2.33. The van der Waals surface area contributed by atoms with E-state index in [0.29, 0.717) is 30.1 Å². The standard InChI is InChI=1S/C15H15BrN2O3/c16-14-4-3-13(21-14)15(19)18-7-5-12(9-18)20-10-11-2-1-6-17-8-11/h1-4,6,8,12H,5,7,9-10H2/t12-/m0/s1. The van der Waals surface area contributed by atoms with Crippen LogP contribution in [0.1, 0.15) is 22.5 Å². The molecule has 21 heavy (non-hydrogen) atoms. The summed E-state index contributed by atoms with van der Waals surface area (Å²) in [6.45, 7) is 1.80. The van der Waals surface area contributed by atoms with E-state index in [9.17, 15) is 4.79 Å². The average molecular weight is 351 g/mol. The minimum absolute atomic E-state index is 0.0626. The maximum absolute atomic E-state index is 12.2. The van der Waals surface area contributed by atoms with Gasteiger partial charge in [-0.2, -0.15) is 0 Å². The highest BCUT2D eigenvalue weighted by Gasteiger charge is 2.29. The SMILES string of the molecule is O=C(c1ccc(Br)o1)N1CC[C@H](OCc2cccnc2)C1. The smallest absolute Gasteiger partial charge is 0.289 e. The largest absolute Gasteiger partial charge is 0.444 e. The number of amides is 1. The summed E-state index contributed by atoms with van der Waals surface area (Å²) in [5.41, 5.74) is 1.04. The molecule has 1 aliphatic heterocycles. The van der Waals surface area contributed by atoms with Gasteiger partial charge in [0, 0.05) is 25.5 Å². The van der Waals surface area contributed by atoms with Gasteiger partial charge in [-0.25, -0.2) is 0 Å². The Balaban J connectivity index is 1.52. The number of ether oxygens (including phenoxy) is 1. The van der Waals surface area contributed by atoms with Crippen molar-refractivity contribution in [3.8, 4) is 0 Å². The van der Waals surface area contributed by atoms with E-state index in [0.717, 1.165) is 12.0 Å². The second-order valence-electron chi connectivity index (χ2n) is 4.94. The van der Waals surface area contributed by atoms with Crippen molar-refractivity contribution in [1.82, 2.24) is 9.88 Å². The zero-order valence-corrected chi connectivity index (χ0v) is 13.0. The molecule has 0 radical (unpaired) electrons. The number of nitrogens with zero attached hydrogens (tertiary/aromatic N) is 2. The molecule has 1 atom stereocenters. The second kappa shape index (κ2) is 6.41. The first-order valence-electron chi connectivity index (χ1n) is 6.77. The van der Waals surface area contributed by atoms with Crippen LogP contribution in [0.2, 0.25) is 0 Å². The van der Waals surface area contributed by atoms with Gasteiger partial charge in [0.2, 0.25) is 0 Å². The minimum Gasteiger partial charge on any atom is -0.444 e. The lowest BCUT2D eigenvalue weighted by molar-refractivity contribution is 0.0429. The number of carbonyl (C=O) groups is 1. The van der Waals surface area contributed by atoms with Gasteiger partial charge in [0.15, 0.2) is 10.4 Å². The quantitative estimate of drug-likeness (QED) is 0.850. The third kappa shape index (κ3) is 3.51. The summed E-state index contributed by atoms with van der Waals surface area (Å²) in [4.78, 5) is 18.0. The topological polar surface area (TPSA) is 55.6 Å². The van der Waals surface area contributed by atoms with Crippen molar-refractivity contribution in [3.63, 3.8) is 0 Å². The Hall–Kier alpha value is -1.66. The molecule has 0 bridgehead atoms. The molecule has 1 saturated heterocycles. The third-order valence-corrected chi connectivity index (χ3v) is 3.85. The summed E-state index contributed by atoms with van der Waals surface area (Å²) in [5.74, 6) is 0.267. The highest BCUT2D eigenvalue weighted by Crippen LogP contribution is 2.20. The fraction of sp³-hybridized carbons (Fsp3) is 0.333. The van der Waals surface area contributed by atoms with Crippen LogP contribution in [0, 0.1) is 0 Å². The molecule has 1 amide bonds. The Morgan fingerprint density at radius 1 is 1.48 bits per heavy atom. The molecule has 3 heterocycles. The maximum atomic E-state index is 12.2. The van der Waals surface area contributed by atoms with Gasteiger partial charge in [0.1, 0.15) is 0 Å². The number of furan rings is 1. The van der Waals surface area contributed by atoms with Crippen molar-refractivity contribution in [1.29, 1.82) is 0 Å². The van der Waals surface area contributed by atoms with Crippen molar-refractivity contribution in [2.75, 3.05) is 13.1 Å². The molecule has 0 aliphatic carbocycles. The van der Waals surface area contributed by atoms with Gasteiger partial charge in [-0.05, 0) is 46.1 Å². The van der Waals surface area contributed by atoms with Gasteiger partial charge in [-0.15, -0.1) is 0 Å². The van der Waals surface area contributed by atoms with Crippen molar-refractivity contribution >= 4 is 21.8 Å². The Morgan fingerprint density at radius 3 is 3.10 bits per heavy atom. The van der Waals surface area contributed by atoms with Gasteiger partial charge in [-0.1, -0.05) is 6.07 Å². The van der Waals surface area contributed by atoms with Crippen LogP contribution in [0.5, 0.6) is 0 Å². The van der Waals surface area contributed by atoms with Gasteiger partial charge < -0.3 is 14.1 Å². The summed E-state index contributed by atoms with van der Waals surface area (Å²) in [6, 6.07) is 7.26. The Labute approximate surface area is 131 Å². The number of hydrogen-bond donors (Lipinski definition) is 0. The van der Waals surface area contributed by atoms with Crippen LogP contribution < -0.4 is 0 Å². The molecule has 0 N–H and O–H groups in total. The summed E-state index contributed by atoms with van der Waals surface area (Å²) in [5, 5.41) is 0. The first-order chi connectivity index (χ1) is 10.2. The van der Waals surface area contributed by atoms with Crippen LogP contribution >= 0.6 is 15.9 Å². The van der Waals surface area contributed by atoms with E-state index in [2.05, 4.69) is 20.9 Å². The molecule has 0 spiro atoms. The monoisotopic (exact) mass is 350 g/mol. The molecular formula is C15H15BrN2O3. The van der Waals surface area contributed by atoms with Crippen LogP contribution in [0.3, 0.4) is 0 Å². The van der Waals surface area contributed by atoms with Crippen molar-refractivity contribution in [2.45, 2.75) is 19.1 Å². The summed E-state index contributed by atoms with van der Waals surface area (Å²) in [6.07, 6.45) is 4.43. The number of hydrogen-bond acceptors (Lipinski definition) is 4. The van der Waals surface area contributed by atoms with Gasteiger partial charge >= 0.3 is 0 Å². The number of aromatic nitrogens is 1. The van der Waals surface area contributed by atoms with Gasteiger partial charge in [0.25, 0.3) is 5.91 Å². The number of pyridine rings is 1. The van der Waals surface area contributed by atoms with Crippen molar-refractivity contribution < 1.29 is 13.9 Å². The molecule has 110 valence electrons. The Morgan fingerprint density at radius 2 is 2.38 bits per heavy atom. The molecule has 1 fully saturated rings. The van der Waals surface area contributed by atoms with Crippen molar-refractivity contribution in [2.24, 2.45) is 0 Å². The molecule has 3 rings (SSSR count). The first-order valence-corrected chi connectivity index (χ1v) is 7.57. The molecule has 2 aromatic rings. The average Bonchev–Trinajstić information content (AvgIpc) is 3.14. The summed E-state index contributed by atoms with van der Waals surface area (Å²) < 4.78 is 11.7. The zero-order valence-electron chi connectivity index (χ0n) is 11.4. The third-order valence-electron chi connectivity index (χ3n) is 3.42. The Bertz CT molecular complexity index is 614. The van der Waals surface area contributed by atoms with Crippen LogP contribution in [-0.4, -0.2) is 35.0 Å². The molecule has 0 aromatic carbocycles. The minimum atomic E-state index is -0.0897. The second-order valence-corrected chi connectivity index (χ2v) is 5.72. The lowest BCUT2D eigenvalue weighted by Gasteiger charge is -2.15. The molecule has 5 nitrogen and oxygen atoms in total. The normalized spacial score (nSPS) is 18.1. The van der Waals surface area contributed by atoms with E-state index in [1.807, 2.05) is 12.1 Å². The molecule has 1 aliphatic rings. The predicted molar refractivity (Wildman–Crippen MR) is 79.7 cm³/mol. The number of carbonyl (C=O) groups excluding carboxylic acids is 1.